The molecule has 138 valence electrons. The van der Waals surface area contributed by atoms with Gasteiger partial charge in [-0.15, -0.1) is 0 Å². The second kappa shape index (κ2) is 7.28. The molecule has 0 fully saturated rings. The summed E-state index contributed by atoms with van der Waals surface area (Å²) < 4.78 is 13.3. The summed E-state index contributed by atoms with van der Waals surface area (Å²) in [4.78, 5) is 15.2. The maximum Gasteiger partial charge on any atom is 0.234 e. The molecular formula is C20H21FN6. The predicted molar refractivity (Wildman–Crippen MR) is 103 cm³/mol. The van der Waals surface area contributed by atoms with Crippen molar-refractivity contribution in [3.63, 3.8) is 0 Å². The first-order valence-electron chi connectivity index (χ1n) is 8.93. The van der Waals surface area contributed by atoms with E-state index in [0.717, 1.165) is 23.2 Å². The van der Waals surface area contributed by atoms with Gasteiger partial charge in [0.15, 0.2) is 0 Å². The molecule has 0 bridgehead atoms. The van der Waals surface area contributed by atoms with E-state index in [1.165, 1.54) is 24.0 Å². The van der Waals surface area contributed by atoms with Crippen LogP contribution in [0.25, 0.3) is 0 Å². The van der Waals surface area contributed by atoms with Gasteiger partial charge in [-0.2, -0.15) is 4.98 Å². The summed E-state index contributed by atoms with van der Waals surface area (Å²) in [5.41, 5.74) is 10.2. The fourth-order valence-electron chi connectivity index (χ4n) is 3.52. The Bertz CT molecular complexity index is 961. The number of anilines is 3. The summed E-state index contributed by atoms with van der Waals surface area (Å²) in [5.74, 6) is 0.788. The predicted octanol–water partition coefficient (Wildman–Crippen LogP) is 3.16. The third-order valence-electron chi connectivity index (χ3n) is 4.78. The minimum absolute atomic E-state index is 0.228. The molecule has 0 saturated carbocycles. The SMILES string of the molecule is CC1Cc2c(CN)cccc2N1c1ncnc(NCc2cccc(F)c2)n1. The van der Waals surface area contributed by atoms with Gasteiger partial charge < -0.3 is 16.0 Å². The molecule has 0 amide bonds. The Morgan fingerprint density at radius 1 is 1.22 bits per heavy atom. The molecule has 2 heterocycles. The summed E-state index contributed by atoms with van der Waals surface area (Å²) in [6.07, 6.45) is 2.40. The van der Waals surface area contributed by atoms with Crippen molar-refractivity contribution in [3.05, 3.63) is 71.3 Å². The minimum Gasteiger partial charge on any atom is -0.350 e. The second-order valence-corrected chi connectivity index (χ2v) is 6.63. The number of fused-ring (bicyclic) bond motifs is 1. The van der Waals surface area contributed by atoms with E-state index in [4.69, 9.17) is 5.73 Å². The molecule has 0 radical (unpaired) electrons. The molecule has 3 aromatic rings. The molecular weight excluding hydrogens is 343 g/mol. The van der Waals surface area contributed by atoms with Gasteiger partial charge in [0.05, 0.1) is 0 Å². The van der Waals surface area contributed by atoms with Crippen molar-refractivity contribution in [3.8, 4) is 0 Å². The topological polar surface area (TPSA) is 80.0 Å². The molecule has 1 aliphatic rings. The molecule has 27 heavy (non-hydrogen) atoms. The lowest BCUT2D eigenvalue weighted by molar-refractivity contribution is 0.626. The molecule has 4 rings (SSSR count). The fourth-order valence-corrected chi connectivity index (χ4v) is 3.52. The van der Waals surface area contributed by atoms with Crippen molar-refractivity contribution in [1.29, 1.82) is 0 Å². The van der Waals surface area contributed by atoms with Crippen LogP contribution < -0.4 is 16.0 Å². The number of halogens is 1. The van der Waals surface area contributed by atoms with Gasteiger partial charge in [0.2, 0.25) is 11.9 Å². The number of aromatic nitrogens is 3. The molecule has 1 atom stereocenters. The van der Waals surface area contributed by atoms with Crippen LogP contribution in [0.5, 0.6) is 0 Å². The van der Waals surface area contributed by atoms with E-state index in [-0.39, 0.29) is 11.9 Å². The average Bonchev–Trinajstić information content (AvgIpc) is 3.02. The minimum atomic E-state index is -0.260. The van der Waals surface area contributed by atoms with Gasteiger partial charge in [-0.3, -0.25) is 0 Å². The van der Waals surface area contributed by atoms with Crippen LogP contribution in [-0.2, 0) is 19.5 Å². The van der Waals surface area contributed by atoms with E-state index < -0.39 is 0 Å². The molecule has 3 N–H and O–H groups in total. The van der Waals surface area contributed by atoms with Gasteiger partial charge >= 0.3 is 0 Å². The Balaban J connectivity index is 1.58. The quantitative estimate of drug-likeness (QED) is 0.724. The first-order valence-corrected chi connectivity index (χ1v) is 8.93. The Hall–Kier alpha value is -3.06. The monoisotopic (exact) mass is 364 g/mol. The van der Waals surface area contributed by atoms with Gasteiger partial charge in [0.1, 0.15) is 12.1 Å². The number of benzene rings is 2. The zero-order valence-corrected chi connectivity index (χ0v) is 15.1. The van der Waals surface area contributed by atoms with Gasteiger partial charge in [0, 0.05) is 24.8 Å². The third-order valence-corrected chi connectivity index (χ3v) is 4.78. The van der Waals surface area contributed by atoms with Gasteiger partial charge in [0.25, 0.3) is 0 Å². The van der Waals surface area contributed by atoms with Crippen molar-refractivity contribution in [2.24, 2.45) is 5.73 Å². The molecule has 1 unspecified atom stereocenters. The Labute approximate surface area is 157 Å². The van der Waals surface area contributed by atoms with E-state index in [1.54, 1.807) is 6.07 Å². The highest BCUT2D eigenvalue weighted by atomic mass is 19.1. The Kier molecular flexibility index (Phi) is 4.68. The summed E-state index contributed by atoms with van der Waals surface area (Å²) >= 11 is 0. The molecule has 6 nitrogen and oxygen atoms in total. The largest absolute Gasteiger partial charge is 0.350 e. The summed E-state index contributed by atoms with van der Waals surface area (Å²) in [5, 5.41) is 3.14. The van der Waals surface area contributed by atoms with E-state index in [0.29, 0.717) is 25.0 Å². The number of hydrogen-bond donors (Lipinski definition) is 2. The molecule has 2 aromatic carbocycles. The first kappa shape index (κ1) is 17.4. The van der Waals surface area contributed by atoms with Gasteiger partial charge in [-0.1, -0.05) is 24.3 Å². The van der Waals surface area contributed by atoms with Crippen molar-refractivity contribution in [2.45, 2.75) is 32.5 Å². The molecule has 0 spiro atoms. The smallest absolute Gasteiger partial charge is 0.234 e. The van der Waals surface area contributed by atoms with Crippen LogP contribution in [0.2, 0.25) is 0 Å². The standard InChI is InChI=1S/C20H21FN6/c1-13-8-17-15(10-22)5-3-7-18(17)27(13)20-25-12-24-19(26-20)23-11-14-4-2-6-16(21)9-14/h2-7,9,12-13H,8,10-11,22H2,1H3,(H,23,24,25,26). The zero-order chi connectivity index (χ0) is 18.8. The van der Waals surface area contributed by atoms with Crippen LogP contribution in [0.1, 0.15) is 23.6 Å². The number of hydrogen-bond acceptors (Lipinski definition) is 6. The maximum atomic E-state index is 13.3. The van der Waals surface area contributed by atoms with Crippen LogP contribution in [0.3, 0.4) is 0 Å². The van der Waals surface area contributed by atoms with E-state index in [2.05, 4.69) is 44.2 Å². The van der Waals surface area contributed by atoms with Crippen molar-refractivity contribution in [2.75, 3.05) is 10.2 Å². The fraction of sp³-hybridized carbons (Fsp3) is 0.250. The molecule has 7 heteroatoms. The average molecular weight is 364 g/mol. The number of nitrogens with two attached hydrogens (primary N) is 1. The maximum absolute atomic E-state index is 13.3. The van der Waals surface area contributed by atoms with Crippen molar-refractivity contribution >= 4 is 17.6 Å². The number of nitrogens with zero attached hydrogens (tertiary/aromatic N) is 4. The van der Waals surface area contributed by atoms with Gasteiger partial charge in [-0.05, 0) is 48.2 Å². The van der Waals surface area contributed by atoms with Crippen molar-refractivity contribution in [1.82, 2.24) is 15.0 Å². The lowest BCUT2D eigenvalue weighted by Crippen LogP contribution is -2.26. The lowest BCUT2D eigenvalue weighted by Gasteiger charge is -2.22. The summed E-state index contributed by atoms with van der Waals surface area (Å²) in [6, 6.07) is 12.8. The second-order valence-electron chi connectivity index (χ2n) is 6.63. The highest BCUT2D eigenvalue weighted by Gasteiger charge is 2.30. The Morgan fingerprint density at radius 3 is 2.89 bits per heavy atom. The molecule has 0 saturated heterocycles. The first-order chi connectivity index (χ1) is 13.2. The summed E-state index contributed by atoms with van der Waals surface area (Å²) in [6.45, 7) is 3.09. The highest BCUT2D eigenvalue weighted by molar-refractivity contribution is 5.69. The van der Waals surface area contributed by atoms with E-state index in [1.807, 2.05) is 12.1 Å². The van der Waals surface area contributed by atoms with Crippen LogP contribution in [0, 0.1) is 5.82 Å². The molecule has 0 aliphatic carbocycles. The highest BCUT2D eigenvalue weighted by Crippen LogP contribution is 2.38. The normalized spacial score (nSPS) is 15.7. The third kappa shape index (κ3) is 3.46. The molecule has 1 aromatic heterocycles. The van der Waals surface area contributed by atoms with Crippen LogP contribution in [-0.4, -0.2) is 21.0 Å². The van der Waals surface area contributed by atoms with Gasteiger partial charge in [-0.25, -0.2) is 14.4 Å². The van der Waals surface area contributed by atoms with E-state index >= 15 is 0 Å². The molecule has 1 aliphatic heterocycles. The Morgan fingerprint density at radius 2 is 2.07 bits per heavy atom. The number of rotatable bonds is 5. The zero-order valence-electron chi connectivity index (χ0n) is 15.1. The number of nitrogens with one attached hydrogen (secondary N) is 1. The van der Waals surface area contributed by atoms with E-state index in [9.17, 15) is 4.39 Å². The lowest BCUT2D eigenvalue weighted by atomic mass is 10.0. The van der Waals surface area contributed by atoms with Crippen LogP contribution >= 0.6 is 0 Å². The van der Waals surface area contributed by atoms with Crippen molar-refractivity contribution < 1.29 is 4.39 Å². The summed E-state index contributed by atoms with van der Waals surface area (Å²) in [7, 11) is 0. The van der Waals surface area contributed by atoms with Crippen LogP contribution in [0.4, 0.5) is 22.0 Å². The van der Waals surface area contributed by atoms with Crippen LogP contribution in [0.15, 0.2) is 48.8 Å².